The van der Waals surface area contributed by atoms with E-state index in [0.717, 1.165) is 16.7 Å². The molecule has 22 heavy (non-hydrogen) atoms. The number of aliphatic hydroxyl groups is 1. The fourth-order valence-corrected chi connectivity index (χ4v) is 2.78. The van der Waals surface area contributed by atoms with Gasteiger partial charge in [-0.3, -0.25) is 4.79 Å². The molecule has 0 spiro atoms. The van der Waals surface area contributed by atoms with Gasteiger partial charge in [0.05, 0.1) is 6.61 Å². The molecule has 0 saturated heterocycles. The zero-order chi connectivity index (χ0) is 15.5. The van der Waals surface area contributed by atoms with Gasteiger partial charge in [-0.15, -0.1) is 0 Å². The van der Waals surface area contributed by atoms with E-state index in [1.807, 2.05) is 53.4 Å². The van der Waals surface area contributed by atoms with Gasteiger partial charge in [0.25, 0.3) is 5.91 Å². The van der Waals surface area contributed by atoms with Crippen LogP contribution in [-0.2, 0) is 17.8 Å². The maximum absolute atomic E-state index is 12.5. The summed E-state index contributed by atoms with van der Waals surface area (Å²) in [5.74, 6) is 0.0378. The Morgan fingerprint density at radius 1 is 1.18 bits per heavy atom. The van der Waals surface area contributed by atoms with Crippen LogP contribution in [0.15, 0.2) is 48.5 Å². The molecule has 1 aliphatic heterocycles. The van der Waals surface area contributed by atoms with E-state index in [1.54, 1.807) is 7.11 Å². The minimum absolute atomic E-state index is 0.0378. The van der Waals surface area contributed by atoms with Gasteiger partial charge < -0.3 is 14.7 Å². The summed E-state index contributed by atoms with van der Waals surface area (Å²) < 4.78 is 4.98. The van der Waals surface area contributed by atoms with Crippen molar-refractivity contribution in [2.45, 2.75) is 19.2 Å². The van der Waals surface area contributed by atoms with Gasteiger partial charge in [-0.05, 0) is 28.8 Å². The largest absolute Gasteiger partial charge is 0.386 e. The van der Waals surface area contributed by atoms with E-state index in [9.17, 15) is 9.90 Å². The number of hydrogen-bond donors (Lipinski definition) is 1. The molecule has 114 valence electrons. The van der Waals surface area contributed by atoms with Crippen molar-refractivity contribution >= 4 is 5.91 Å². The van der Waals surface area contributed by atoms with Crippen LogP contribution in [0.3, 0.4) is 0 Å². The molecule has 2 aromatic rings. The van der Waals surface area contributed by atoms with Gasteiger partial charge in [0, 0.05) is 25.8 Å². The zero-order valence-corrected chi connectivity index (χ0v) is 12.5. The smallest absolute Gasteiger partial charge is 0.254 e. The van der Waals surface area contributed by atoms with Crippen molar-refractivity contribution < 1.29 is 14.6 Å². The van der Waals surface area contributed by atoms with Gasteiger partial charge in [-0.25, -0.2) is 0 Å². The Morgan fingerprint density at radius 2 is 1.91 bits per heavy atom. The summed E-state index contributed by atoms with van der Waals surface area (Å²) in [7, 11) is 1.57. The summed E-state index contributed by atoms with van der Waals surface area (Å²) in [5, 5.41) is 10.00. The highest BCUT2D eigenvalue weighted by Gasteiger charge is 2.25. The molecule has 4 nitrogen and oxygen atoms in total. The summed E-state index contributed by atoms with van der Waals surface area (Å²) in [6.45, 7) is 1.46. The average Bonchev–Trinajstić information content (AvgIpc) is 2.98. The molecular formula is C18H19NO3. The minimum atomic E-state index is -0.630. The first-order chi connectivity index (χ1) is 10.7. The molecular weight excluding hydrogens is 278 g/mol. The second-order valence-corrected chi connectivity index (χ2v) is 5.53. The van der Waals surface area contributed by atoms with Crippen molar-refractivity contribution in [1.29, 1.82) is 0 Å². The molecule has 1 N–H and O–H groups in total. The minimum Gasteiger partial charge on any atom is -0.386 e. The lowest BCUT2D eigenvalue weighted by Gasteiger charge is -2.15. The van der Waals surface area contributed by atoms with E-state index in [0.29, 0.717) is 18.7 Å². The molecule has 2 aromatic carbocycles. The van der Waals surface area contributed by atoms with Crippen LogP contribution in [0.5, 0.6) is 0 Å². The number of methoxy groups -OCH3 is 1. The van der Waals surface area contributed by atoms with Crippen LogP contribution in [0.4, 0.5) is 0 Å². The summed E-state index contributed by atoms with van der Waals surface area (Å²) in [6, 6.07) is 15.2. The van der Waals surface area contributed by atoms with Gasteiger partial charge in [0.2, 0.25) is 0 Å². The lowest BCUT2D eigenvalue weighted by atomic mass is 10.0. The molecule has 1 unspecified atom stereocenters. The number of rotatable bonds is 4. The Morgan fingerprint density at radius 3 is 2.64 bits per heavy atom. The van der Waals surface area contributed by atoms with Gasteiger partial charge in [-0.1, -0.05) is 36.4 Å². The monoisotopic (exact) mass is 297 g/mol. The molecule has 1 amide bonds. The number of amides is 1. The number of hydrogen-bond acceptors (Lipinski definition) is 3. The van der Waals surface area contributed by atoms with Crippen molar-refractivity contribution in [2.75, 3.05) is 13.7 Å². The van der Waals surface area contributed by atoms with Crippen LogP contribution in [-0.4, -0.2) is 29.6 Å². The Hall–Kier alpha value is -2.17. The molecule has 0 aliphatic carbocycles. The van der Waals surface area contributed by atoms with Crippen molar-refractivity contribution in [3.63, 3.8) is 0 Å². The Balaban J connectivity index is 1.77. The normalized spacial score (nSPS) is 14.7. The van der Waals surface area contributed by atoms with Gasteiger partial charge in [-0.2, -0.15) is 0 Å². The molecule has 0 saturated carbocycles. The summed E-state index contributed by atoms with van der Waals surface area (Å²) in [6.07, 6.45) is -0.630. The Kier molecular flexibility index (Phi) is 4.22. The number of aliphatic hydroxyl groups excluding tert-OH is 1. The molecule has 4 heteroatoms. The van der Waals surface area contributed by atoms with Crippen LogP contribution in [0.25, 0.3) is 0 Å². The van der Waals surface area contributed by atoms with E-state index in [4.69, 9.17) is 4.74 Å². The second-order valence-electron chi connectivity index (χ2n) is 5.53. The molecule has 0 aromatic heterocycles. The van der Waals surface area contributed by atoms with Crippen LogP contribution < -0.4 is 0 Å². The van der Waals surface area contributed by atoms with E-state index in [2.05, 4.69) is 0 Å². The maximum atomic E-state index is 12.5. The first-order valence-corrected chi connectivity index (χ1v) is 7.32. The third-order valence-electron chi connectivity index (χ3n) is 3.97. The quantitative estimate of drug-likeness (QED) is 0.943. The third kappa shape index (κ3) is 2.89. The lowest BCUT2D eigenvalue weighted by Crippen LogP contribution is -2.25. The molecule has 0 radical (unpaired) electrons. The van der Waals surface area contributed by atoms with Crippen molar-refractivity contribution in [2.24, 2.45) is 0 Å². The number of nitrogens with zero attached hydrogens (tertiary/aromatic N) is 1. The van der Waals surface area contributed by atoms with Gasteiger partial charge in [0.1, 0.15) is 6.10 Å². The maximum Gasteiger partial charge on any atom is 0.254 e. The van der Waals surface area contributed by atoms with Gasteiger partial charge >= 0.3 is 0 Å². The van der Waals surface area contributed by atoms with E-state index in [1.165, 1.54) is 0 Å². The number of fused-ring (bicyclic) bond motifs is 1. The summed E-state index contributed by atoms with van der Waals surface area (Å²) in [5.41, 5.74) is 3.76. The number of ether oxygens (including phenoxy) is 1. The predicted octanol–water partition coefficient (Wildman–Crippen LogP) is 2.52. The van der Waals surface area contributed by atoms with Crippen LogP contribution in [0.1, 0.15) is 33.2 Å². The SMILES string of the molecule is COCC(O)c1ccc2c(c1)CN(C(=O)c1ccccc1)C2. The zero-order valence-electron chi connectivity index (χ0n) is 12.5. The van der Waals surface area contributed by atoms with Crippen molar-refractivity contribution in [1.82, 2.24) is 4.90 Å². The fraction of sp³-hybridized carbons (Fsp3) is 0.278. The van der Waals surface area contributed by atoms with Crippen LogP contribution in [0.2, 0.25) is 0 Å². The first-order valence-electron chi connectivity index (χ1n) is 7.32. The molecule has 1 heterocycles. The molecule has 1 aliphatic rings. The molecule has 0 fully saturated rings. The van der Waals surface area contributed by atoms with Gasteiger partial charge in [0.15, 0.2) is 0 Å². The van der Waals surface area contributed by atoms with E-state index >= 15 is 0 Å². The lowest BCUT2D eigenvalue weighted by molar-refractivity contribution is 0.0643. The van der Waals surface area contributed by atoms with Crippen LogP contribution in [0, 0.1) is 0 Å². The summed E-state index contributed by atoms with van der Waals surface area (Å²) >= 11 is 0. The molecule has 3 rings (SSSR count). The molecule has 1 atom stereocenters. The fourth-order valence-electron chi connectivity index (χ4n) is 2.78. The Bertz CT molecular complexity index is 669. The summed E-state index contributed by atoms with van der Waals surface area (Å²) in [4.78, 5) is 14.3. The van der Waals surface area contributed by atoms with Crippen molar-refractivity contribution in [3.8, 4) is 0 Å². The number of carbonyl (C=O) groups excluding carboxylic acids is 1. The first kappa shape index (κ1) is 14.8. The second kappa shape index (κ2) is 6.30. The van der Waals surface area contributed by atoms with E-state index < -0.39 is 6.10 Å². The van der Waals surface area contributed by atoms with Crippen LogP contribution >= 0.6 is 0 Å². The number of carbonyl (C=O) groups is 1. The third-order valence-corrected chi connectivity index (χ3v) is 3.97. The highest BCUT2D eigenvalue weighted by Crippen LogP contribution is 2.27. The van der Waals surface area contributed by atoms with Crippen molar-refractivity contribution in [3.05, 3.63) is 70.8 Å². The average molecular weight is 297 g/mol. The standard InChI is InChI=1S/C18H19NO3/c1-22-12-17(20)14-7-8-15-10-19(11-16(15)9-14)18(21)13-5-3-2-4-6-13/h2-9,17,20H,10-12H2,1H3. The Labute approximate surface area is 130 Å². The highest BCUT2D eigenvalue weighted by molar-refractivity contribution is 5.94. The predicted molar refractivity (Wildman–Crippen MR) is 83.3 cm³/mol. The topological polar surface area (TPSA) is 49.8 Å². The van der Waals surface area contributed by atoms with E-state index in [-0.39, 0.29) is 12.5 Å². The molecule has 0 bridgehead atoms. The number of benzene rings is 2. The highest BCUT2D eigenvalue weighted by atomic mass is 16.5.